The summed E-state index contributed by atoms with van der Waals surface area (Å²) < 4.78 is 7.54. The van der Waals surface area contributed by atoms with Gasteiger partial charge in [-0.1, -0.05) is 0 Å². The van der Waals surface area contributed by atoms with Crippen LogP contribution in [-0.4, -0.2) is 51.9 Å². The minimum atomic E-state index is 0. The fraction of sp³-hybridized carbons (Fsp3) is 0.467. The monoisotopic (exact) mass is 443 g/mol. The topological polar surface area (TPSA) is 89.2 Å². The zero-order chi connectivity index (χ0) is 15.9. The molecule has 0 aliphatic carbocycles. The first kappa shape index (κ1) is 18.4. The second kappa shape index (κ2) is 9.40. The number of guanidine groups is 1. The molecule has 3 rings (SSSR count). The van der Waals surface area contributed by atoms with E-state index < -0.39 is 0 Å². The molecule has 0 fully saturated rings. The number of hydrogen-bond acceptors (Lipinski definition) is 5. The number of fused-ring (bicyclic) bond motifs is 1. The van der Waals surface area contributed by atoms with Gasteiger partial charge in [-0.25, -0.2) is 9.67 Å². The van der Waals surface area contributed by atoms with Crippen LogP contribution < -0.4 is 15.4 Å². The fourth-order valence-corrected chi connectivity index (χ4v) is 2.51. The highest BCUT2D eigenvalue weighted by atomic mass is 127. The molecule has 2 N–H and O–H groups in total. The van der Waals surface area contributed by atoms with Gasteiger partial charge in [-0.3, -0.25) is 9.98 Å². The molecule has 130 valence electrons. The molecule has 0 spiro atoms. The molecular formula is C15H22IN7O. The molecule has 0 saturated heterocycles. The van der Waals surface area contributed by atoms with Crippen molar-refractivity contribution in [1.82, 2.24) is 30.4 Å². The first-order valence-corrected chi connectivity index (χ1v) is 7.72. The number of rotatable bonds is 5. The molecule has 2 aromatic heterocycles. The van der Waals surface area contributed by atoms with Crippen LogP contribution in [0.2, 0.25) is 0 Å². The Kier molecular flexibility index (Phi) is 7.22. The van der Waals surface area contributed by atoms with E-state index in [9.17, 15) is 0 Å². The summed E-state index contributed by atoms with van der Waals surface area (Å²) in [5, 5.41) is 10.9. The molecule has 8 nitrogen and oxygen atoms in total. The molecule has 1 atom stereocenters. The van der Waals surface area contributed by atoms with Crippen molar-refractivity contribution in [2.24, 2.45) is 4.99 Å². The lowest BCUT2D eigenvalue weighted by Gasteiger charge is -2.25. The average molecular weight is 443 g/mol. The van der Waals surface area contributed by atoms with Crippen LogP contribution in [0.3, 0.4) is 0 Å². The van der Waals surface area contributed by atoms with Crippen LogP contribution in [0.4, 0.5) is 0 Å². The number of hydrogen-bond donors (Lipinski definition) is 2. The van der Waals surface area contributed by atoms with Gasteiger partial charge in [0.05, 0.1) is 19.3 Å². The second-order valence-corrected chi connectivity index (χ2v) is 5.27. The second-order valence-electron chi connectivity index (χ2n) is 5.27. The normalized spacial score (nSPS) is 16.7. The molecule has 1 aliphatic heterocycles. The van der Waals surface area contributed by atoms with E-state index in [1.165, 1.54) is 0 Å². The molecular weight excluding hydrogens is 421 g/mol. The standard InChI is InChI=1S/C15H21N7O.HI/c1-16-15(18-7-8-23-13-3-2-6-17-9-13)21-12-4-5-14-19-11-20-22(14)10-12;/h2-3,6,9,11-12H,4-5,7-8,10H2,1H3,(H2,16,18,21);1H. The van der Waals surface area contributed by atoms with Crippen LogP contribution in [0, 0.1) is 0 Å². The van der Waals surface area contributed by atoms with E-state index in [0.717, 1.165) is 36.9 Å². The first-order valence-electron chi connectivity index (χ1n) is 7.72. The Hall–Kier alpha value is -1.91. The van der Waals surface area contributed by atoms with Gasteiger partial charge in [-0.05, 0) is 18.6 Å². The molecule has 0 aromatic carbocycles. The Balaban J connectivity index is 0.00000208. The van der Waals surface area contributed by atoms with E-state index in [0.29, 0.717) is 19.2 Å². The lowest BCUT2D eigenvalue weighted by atomic mass is 10.1. The number of halogens is 1. The lowest BCUT2D eigenvalue weighted by Crippen LogP contribution is -2.47. The van der Waals surface area contributed by atoms with Crippen molar-refractivity contribution in [3.05, 3.63) is 36.7 Å². The van der Waals surface area contributed by atoms with Gasteiger partial charge in [0.15, 0.2) is 5.96 Å². The van der Waals surface area contributed by atoms with E-state index >= 15 is 0 Å². The summed E-state index contributed by atoms with van der Waals surface area (Å²) in [6, 6.07) is 4.04. The van der Waals surface area contributed by atoms with Crippen LogP contribution in [0.15, 0.2) is 35.8 Å². The molecule has 2 aromatic rings. The summed E-state index contributed by atoms with van der Waals surface area (Å²) in [7, 11) is 1.76. The Morgan fingerprint density at radius 3 is 3.21 bits per heavy atom. The predicted octanol–water partition coefficient (Wildman–Crippen LogP) is 0.850. The van der Waals surface area contributed by atoms with Crippen LogP contribution in [-0.2, 0) is 13.0 Å². The van der Waals surface area contributed by atoms with Gasteiger partial charge in [-0.2, -0.15) is 5.10 Å². The summed E-state index contributed by atoms with van der Waals surface area (Å²) in [5.74, 6) is 2.59. The van der Waals surface area contributed by atoms with Crippen molar-refractivity contribution >= 4 is 29.9 Å². The maximum atomic E-state index is 5.60. The molecule has 3 heterocycles. The summed E-state index contributed by atoms with van der Waals surface area (Å²) in [5.41, 5.74) is 0. The SMILES string of the molecule is CN=C(NCCOc1cccnc1)NC1CCc2ncnn2C1.I. The summed E-state index contributed by atoms with van der Waals surface area (Å²) >= 11 is 0. The Labute approximate surface area is 158 Å². The largest absolute Gasteiger partial charge is 0.490 e. The number of ether oxygens (including phenoxy) is 1. The maximum Gasteiger partial charge on any atom is 0.191 e. The van der Waals surface area contributed by atoms with Gasteiger partial charge >= 0.3 is 0 Å². The van der Waals surface area contributed by atoms with Gasteiger partial charge < -0.3 is 15.4 Å². The third-order valence-electron chi connectivity index (χ3n) is 3.67. The van der Waals surface area contributed by atoms with Crippen molar-refractivity contribution in [3.63, 3.8) is 0 Å². The third-order valence-corrected chi connectivity index (χ3v) is 3.67. The van der Waals surface area contributed by atoms with Gasteiger partial charge in [0.25, 0.3) is 0 Å². The zero-order valence-electron chi connectivity index (χ0n) is 13.6. The van der Waals surface area contributed by atoms with Crippen LogP contribution in [0.5, 0.6) is 5.75 Å². The number of aromatic nitrogens is 4. The highest BCUT2D eigenvalue weighted by Crippen LogP contribution is 2.11. The highest BCUT2D eigenvalue weighted by molar-refractivity contribution is 14.0. The minimum Gasteiger partial charge on any atom is -0.490 e. The number of aliphatic imine (C=N–C) groups is 1. The lowest BCUT2D eigenvalue weighted by molar-refractivity contribution is 0.319. The van der Waals surface area contributed by atoms with Crippen molar-refractivity contribution in [1.29, 1.82) is 0 Å². The number of nitrogens with zero attached hydrogens (tertiary/aromatic N) is 5. The fourth-order valence-electron chi connectivity index (χ4n) is 2.51. The minimum absolute atomic E-state index is 0. The maximum absolute atomic E-state index is 5.60. The molecule has 0 radical (unpaired) electrons. The van der Waals surface area contributed by atoms with E-state index in [1.807, 2.05) is 16.8 Å². The van der Waals surface area contributed by atoms with Gasteiger partial charge in [0.2, 0.25) is 0 Å². The summed E-state index contributed by atoms with van der Waals surface area (Å²) in [4.78, 5) is 12.5. The third kappa shape index (κ3) is 5.05. The Morgan fingerprint density at radius 2 is 2.42 bits per heavy atom. The summed E-state index contributed by atoms with van der Waals surface area (Å²) in [6.07, 6.45) is 6.98. The Morgan fingerprint density at radius 1 is 1.50 bits per heavy atom. The van der Waals surface area contributed by atoms with Crippen LogP contribution in [0.25, 0.3) is 0 Å². The van der Waals surface area contributed by atoms with E-state index in [4.69, 9.17) is 4.74 Å². The zero-order valence-corrected chi connectivity index (χ0v) is 15.9. The van der Waals surface area contributed by atoms with E-state index in [1.54, 1.807) is 25.8 Å². The van der Waals surface area contributed by atoms with Gasteiger partial charge in [0.1, 0.15) is 24.5 Å². The van der Waals surface area contributed by atoms with Crippen molar-refractivity contribution < 1.29 is 4.74 Å². The van der Waals surface area contributed by atoms with E-state index in [2.05, 4.69) is 30.7 Å². The van der Waals surface area contributed by atoms with Crippen LogP contribution >= 0.6 is 24.0 Å². The molecule has 1 unspecified atom stereocenters. The Bertz CT molecular complexity index is 646. The molecule has 9 heteroatoms. The molecule has 0 bridgehead atoms. The van der Waals surface area contributed by atoms with Gasteiger partial charge in [-0.15, -0.1) is 24.0 Å². The highest BCUT2D eigenvalue weighted by Gasteiger charge is 2.20. The quantitative estimate of drug-likeness (QED) is 0.308. The molecule has 0 saturated carbocycles. The smallest absolute Gasteiger partial charge is 0.191 e. The summed E-state index contributed by atoms with van der Waals surface area (Å²) in [6.45, 7) is 2.02. The molecule has 0 amide bonds. The predicted molar refractivity (Wildman–Crippen MR) is 102 cm³/mol. The number of pyridine rings is 1. The number of nitrogens with one attached hydrogen (secondary N) is 2. The molecule has 1 aliphatic rings. The van der Waals surface area contributed by atoms with Crippen molar-refractivity contribution in [2.45, 2.75) is 25.4 Å². The number of aryl methyl sites for hydroxylation is 1. The first-order chi connectivity index (χ1) is 11.3. The van der Waals surface area contributed by atoms with Crippen LogP contribution in [0.1, 0.15) is 12.2 Å². The van der Waals surface area contributed by atoms with Gasteiger partial charge in [0, 0.05) is 25.7 Å². The van der Waals surface area contributed by atoms with Crippen molar-refractivity contribution in [3.8, 4) is 5.75 Å². The molecule has 24 heavy (non-hydrogen) atoms. The average Bonchev–Trinajstić information content (AvgIpc) is 3.06. The van der Waals surface area contributed by atoms with Crippen molar-refractivity contribution in [2.75, 3.05) is 20.2 Å². The van der Waals surface area contributed by atoms with E-state index in [-0.39, 0.29) is 24.0 Å².